The molecule has 39 heavy (non-hydrogen) atoms. The Hall–Kier alpha value is -3.80. The number of pyridine rings is 1. The first-order chi connectivity index (χ1) is 18.4. The third kappa shape index (κ3) is 6.27. The van der Waals surface area contributed by atoms with Crippen LogP contribution >= 0.6 is 0 Å². The Labute approximate surface area is 231 Å². The second-order valence-corrected chi connectivity index (χ2v) is 10.3. The molecule has 3 aromatic carbocycles. The van der Waals surface area contributed by atoms with Gasteiger partial charge in [-0.25, -0.2) is 4.39 Å². The first-order valence-corrected chi connectivity index (χ1v) is 13.4. The molecule has 1 aliphatic rings. The smallest absolute Gasteiger partial charge is 0.126 e. The Morgan fingerprint density at radius 1 is 0.974 bits per heavy atom. The predicted molar refractivity (Wildman–Crippen MR) is 161 cm³/mol. The molecule has 5 heteroatoms. The molecule has 1 aromatic heterocycles. The van der Waals surface area contributed by atoms with Gasteiger partial charge in [0.1, 0.15) is 5.82 Å². The van der Waals surface area contributed by atoms with Crippen LogP contribution in [0.1, 0.15) is 33.5 Å². The number of para-hydroxylation sites is 1. The summed E-state index contributed by atoms with van der Waals surface area (Å²) in [5, 5.41) is 1.27. The van der Waals surface area contributed by atoms with Gasteiger partial charge in [-0.05, 0) is 77.9 Å². The summed E-state index contributed by atoms with van der Waals surface area (Å²) < 4.78 is 13.8. The number of aromatic nitrogens is 1. The fraction of sp³-hybridized carbons (Fsp3) is 0.265. The maximum absolute atomic E-state index is 13.8. The molecule has 0 radical (unpaired) electrons. The minimum atomic E-state index is -0.191. The third-order valence-electron chi connectivity index (χ3n) is 7.78. The van der Waals surface area contributed by atoms with E-state index in [0.717, 1.165) is 66.9 Å². The maximum atomic E-state index is 13.8. The minimum absolute atomic E-state index is 0. The van der Waals surface area contributed by atoms with Crippen molar-refractivity contribution in [2.24, 2.45) is 0 Å². The van der Waals surface area contributed by atoms with Crippen LogP contribution in [-0.2, 0) is 12.8 Å². The molecule has 202 valence electrons. The average molecular weight is 524 g/mol. The van der Waals surface area contributed by atoms with Gasteiger partial charge in [-0.2, -0.15) is 0 Å². The number of likely N-dealkylation sites (N-methyl/N-ethyl adjacent to an activating group) is 1. The normalized spacial score (nSPS) is 13.9. The van der Waals surface area contributed by atoms with E-state index in [0.29, 0.717) is 5.56 Å². The molecule has 0 saturated heterocycles. The van der Waals surface area contributed by atoms with Crippen LogP contribution in [0.4, 0.5) is 4.39 Å². The highest BCUT2D eigenvalue weighted by Gasteiger charge is 2.19. The Balaban J connectivity index is 0.00000353. The fourth-order valence-corrected chi connectivity index (χ4v) is 5.42. The summed E-state index contributed by atoms with van der Waals surface area (Å²) in [6.45, 7) is 12.3. The lowest BCUT2D eigenvalue weighted by molar-refractivity contribution is 0.263. The van der Waals surface area contributed by atoms with Crippen LogP contribution in [0.5, 0.6) is 0 Å². The molecule has 0 unspecified atom stereocenters. The lowest BCUT2D eigenvalue weighted by Gasteiger charge is -2.28. The van der Waals surface area contributed by atoms with Gasteiger partial charge in [-0.15, -0.1) is 0 Å². The summed E-state index contributed by atoms with van der Waals surface area (Å²) in [6, 6.07) is 24.1. The lowest BCUT2D eigenvalue weighted by atomic mass is 9.99. The summed E-state index contributed by atoms with van der Waals surface area (Å²) in [6.07, 6.45) is 4.14. The molecule has 5 rings (SSSR count). The van der Waals surface area contributed by atoms with Crippen molar-refractivity contribution in [1.29, 1.82) is 0 Å². The zero-order chi connectivity index (χ0) is 26.6. The van der Waals surface area contributed by atoms with E-state index in [-0.39, 0.29) is 11.3 Å². The van der Waals surface area contributed by atoms with E-state index in [1.165, 1.54) is 28.3 Å². The van der Waals surface area contributed by atoms with Crippen molar-refractivity contribution >= 4 is 22.2 Å². The Kier molecular flexibility index (Phi) is 8.95. The largest absolute Gasteiger partial charge is 0.412 e. The number of aryl methyl sites for hydroxylation is 2. The molecule has 4 nitrogen and oxygen atoms in total. The van der Waals surface area contributed by atoms with Crippen LogP contribution in [0, 0.1) is 19.7 Å². The van der Waals surface area contributed by atoms with E-state index >= 15 is 0 Å². The molecule has 0 saturated carbocycles. The Bertz CT molecular complexity index is 1500. The van der Waals surface area contributed by atoms with Gasteiger partial charge in [0, 0.05) is 56.4 Å². The highest BCUT2D eigenvalue weighted by atomic mass is 19.1. The van der Waals surface area contributed by atoms with Crippen LogP contribution in [0.2, 0.25) is 0 Å². The Morgan fingerprint density at radius 2 is 1.69 bits per heavy atom. The van der Waals surface area contributed by atoms with Crippen molar-refractivity contribution in [1.82, 2.24) is 14.8 Å². The second-order valence-electron chi connectivity index (χ2n) is 10.3. The van der Waals surface area contributed by atoms with Gasteiger partial charge in [0.2, 0.25) is 0 Å². The zero-order valence-electron chi connectivity index (χ0n) is 23.2. The van der Waals surface area contributed by atoms with Gasteiger partial charge in [0.15, 0.2) is 0 Å². The number of rotatable bonds is 7. The standard InChI is InChI=1S/C34H36FN3.H2O/c1-24(28-14-15-31(35)25(2)22-28)23-34(27-10-6-5-7-11-27)37(4)20-21-38-18-16-30-26(3)29-12-8-9-13-32(29)36-33(30)17-19-38;/h5-15,22-23H,1,16-21H2,2-4H3;1H2/b34-23-;. The highest BCUT2D eigenvalue weighted by Crippen LogP contribution is 2.27. The van der Waals surface area contributed by atoms with Gasteiger partial charge in [0.25, 0.3) is 0 Å². The van der Waals surface area contributed by atoms with E-state index < -0.39 is 0 Å². The second kappa shape index (κ2) is 12.4. The summed E-state index contributed by atoms with van der Waals surface area (Å²) in [4.78, 5) is 9.90. The topological polar surface area (TPSA) is 50.9 Å². The molecule has 4 aromatic rings. The average Bonchev–Trinajstić information content (AvgIpc) is 3.15. The SMILES string of the molecule is C=C(/C=C(/c1ccccc1)N(C)CCN1CCc2nc3ccccc3c(C)c2CC1)c1ccc(F)c(C)c1.O. The summed E-state index contributed by atoms with van der Waals surface area (Å²) >= 11 is 0. The number of hydrogen-bond acceptors (Lipinski definition) is 3. The molecule has 0 atom stereocenters. The van der Waals surface area contributed by atoms with Gasteiger partial charge in [-0.1, -0.05) is 61.2 Å². The number of fused-ring (bicyclic) bond motifs is 2. The Morgan fingerprint density at radius 3 is 2.46 bits per heavy atom. The molecule has 2 N–H and O–H groups in total. The third-order valence-corrected chi connectivity index (χ3v) is 7.78. The minimum Gasteiger partial charge on any atom is -0.412 e. The van der Waals surface area contributed by atoms with Crippen LogP contribution in [0.3, 0.4) is 0 Å². The predicted octanol–water partition coefficient (Wildman–Crippen LogP) is 6.25. The molecular weight excluding hydrogens is 485 g/mol. The number of nitrogens with zero attached hydrogens (tertiary/aromatic N) is 3. The molecule has 0 bridgehead atoms. The molecular formula is C34H38FN3O. The lowest BCUT2D eigenvalue weighted by Crippen LogP contribution is -2.34. The number of benzene rings is 3. The molecule has 0 aliphatic carbocycles. The van der Waals surface area contributed by atoms with E-state index in [9.17, 15) is 4.39 Å². The number of allylic oxidation sites excluding steroid dienone is 2. The van der Waals surface area contributed by atoms with Crippen molar-refractivity contribution in [3.05, 3.63) is 125 Å². The highest BCUT2D eigenvalue weighted by molar-refractivity contribution is 5.84. The van der Waals surface area contributed by atoms with Crippen molar-refractivity contribution in [3.63, 3.8) is 0 Å². The van der Waals surface area contributed by atoms with E-state index in [4.69, 9.17) is 4.98 Å². The quantitative estimate of drug-likeness (QED) is 0.269. The molecule has 0 amide bonds. The van der Waals surface area contributed by atoms with Crippen LogP contribution in [0.15, 0.2) is 85.5 Å². The first-order valence-electron chi connectivity index (χ1n) is 13.4. The van der Waals surface area contributed by atoms with Crippen molar-refractivity contribution in [2.75, 3.05) is 33.2 Å². The fourth-order valence-electron chi connectivity index (χ4n) is 5.42. The molecule has 0 spiro atoms. The van der Waals surface area contributed by atoms with Gasteiger partial charge in [0.05, 0.1) is 5.52 Å². The molecule has 0 fully saturated rings. The van der Waals surface area contributed by atoms with Gasteiger partial charge >= 0.3 is 0 Å². The van der Waals surface area contributed by atoms with Gasteiger partial charge < -0.3 is 15.3 Å². The van der Waals surface area contributed by atoms with Crippen molar-refractivity contribution < 1.29 is 9.87 Å². The monoisotopic (exact) mass is 523 g/mol. The van der Waals surface area contributed by atoms with Crippen LogP contribution < -0.4 is 0 Å². The zero-order valence-corrected chi connectivity index (χ0v) is 23.2. The van der Waals surface area contributed by atoms with E-state index in [2.05, 4.69) is 85.0 Å². The van der Waals surface area contributed by atoms with Crippen LogP contribution in [-0.4, -0.2) is 53.5 Å². The van der Waals surface area contributed by atoms with Gasteiger partial charge in [-0.3, -0.25) is 4.98 Å². The van der Waals surface area contributed by atoms with Crippen molar-refractivity contribution in [3.8, 4) is 0 Å². The summed E-state index contributed by atoms with van der Waals surface area (Å²) in [5.74, 6) is -0.191. The van der Waals surface area contributed by atoms with E-state index in [1.54, 1.807) is 13.0 Å². The summed E-state index contributed by atoms with van der Waals surface area (Å²) in [5.41, 5.74) is 9.86. The van der Waals surface area contributed by atoms with Crippen molar-refractivity contribution in [2.45, 2.75) is 26.7 Å². The van der Waals surface area contributed by atoms with Crippen LogP contribution in [0.25, 0.3) is 22.2 Å². The molecule has 1 aliphatic heterocycles. The number of hydrogen-bond donors (Lipinski definition) is 0. The molecule has 2 heterocycles. The van der Waals surface area contributed by atoms with E-state index in [1.807, 2.05) is 12.1 Å². The number of halogens is 1. The summed E-state index contributed by atoms with van der Waals surface area (Å²) in [7, 11) is 2.15. The first kappa shape index (κ1) is 28.2. The maximum Gasteiger partial charge on any atom is 0.126 e.